The van der Waals surface area contributed by atoms with Crippen molar-refractivity contribution in [3.8, 4) is 67.9 Å². The normalized spacial score (nSPS) is 11.6. The fourth-order valence-corrected chi connectivity index (χ4v) is 9.77. The first-order valence-electron chi connectivity index (χ1n) is 18.4. The third kappa shape index (κ3) is 5.64. The van der Waals surface area contributed by atoms with Crippen molar-refractivity contribution in [1.82, 2.24) is 24.9 Å². The van der Waals surface area contributed by atoms with Crippen molar-refractivity contribution in [3.63, 3.8) is 0 Å². The number of hydrogen-bond acceptors (Lipinski definition) is 7. The van der Waals surface area contributed by atoms with Gasteiger partial charge < -0.3 is 0 Å². The van der Waals surface area contributed by atoms with Crippen LogP contribution in [-0.4, -0.2) is 24.9 Å². The molecule has 4 heterocycles. The highest BCUT2D eigenvalue weighted by Gasteiger charge is 2.19. The third-order valence-electron chi connectivity index (χ3n) is 10.2. The van der Waals surface area contributed by atoms with Gasteiger partial charge in [0.2, 0.25) is 0 Å². The number of fused-ring (bicyclic) bond motifs is 6. The molecule has 262 valence electrons. The molecule has 11 aromatic rings. The van der Waals surface area contributed by atoms with Crippen LogP contribution in [0.4, 0.5) is 0 Å². The maximum atomic E-state index is 5.17. The summed E-state index contributed by atoms with van der Waals surface area (Å²) in [6, 6.07) is 61.0. The van der Waals surface area contributed by atoms with Gasteiger partial charge in [-0.1, -0.05) is 158 Å². The molecular formula is C49H29N5S2. The molecule has 0 radical (unpaired) electrons. The Morgan fingerprint density at radius 3 is 1.59 bits per heavy atom. The Kier molecular flexibility index (Phi) is 7.79. The monoisotopic (exact) mass is 751 g/mol. The number of benzene rings is 7. The van der Waals surface area contributed by atoms with E-state index >= 15 is 0 Å². The Morgan fingerprint density at radius 1 is 0.321 bits per heavy atom. The summed E-state index contributed by atoms with van der Waals surface area (Å²) in [4.78, 5) is 25.4. The molecule has 0 unspecified atom stereocenters. The third-order valence-corrected chi connectivity index (χ3v) is 12.5. The van der Waals surface area contributed by atoms with Crippen LogP contribution in [0, 0.1) is 0 Å². The van der Waals surface area contributed by atoms with Gasteiger partial charge in [-0.2, -0.15) is 0 Å². The van der Waals surface area contributed by atoms with Crippen molar-refractivity contribution in [2.45, 2.75) is 0 Å². The highest BCUT2D eigenvalue weighted by molar-refractivity contribution is 7.26. The fourth-order valence-electron chi connectivity index (χ4n) is 7.44. The predicted octanol–water partition coefficient (Wildman–Crippen LogP) is 13.4. The molecule has 4 aromatic heterocycles. The first-order valence-corrected chi connectivity index (χ1v) is 20.0. The van der Waals surface area contributed by atoms with Gasteiger partial charge in [-0.05, 0) is 29.3 Å². The quantitative estimate of drug-likeness (QED) is 0.169. The zero-order chi connectivity index (χ0) is 37.0. The van der Waals surface area contributed by atoms with Crippen LogP contribution in [0.5, 0.6) is 0 Å². The maximum Gasteiger partial charge on any atom is 0.164 e. The standard InChI is InChI=1S/C49H29N5S2/c1-4-13-31(14-5-1)43-45-44(37-19-10-11-21-39(37)56-45)51-46(50-43)34-25-23-30(24-26-34)35-27-28-36-41(29-35)55-40-22-12-20-38(42(36)40)49-53-47(32-15-6-2-7-16-32)52-48(54-49)33-17-8-3-9-18-33/h1-29H. The van der Waals surface area contributed by atoms with E-state index in [2.05, 4.69) is 109 Å². The number of hydrogen-bond donors (Lipinski definition) is 0. The summed E-state index contributed by atoms with van der Waals surface area (Å²) in [6.45, 7) is 0. The molecule has 56 heavy (non-hydrogen) atoms. The van der Waals surface area contributed by atoms with Gasteiger partial charge >= 0.3 is 0 Å². The van der Waals surface area contributed by atoms with Crippen LogP contribution < -0.4 is 0 Å². The Balaban J connectivity index is 0.988. The van der Waals surface area contributed by atoms with Crippen LogP contribution in [0.2, 0.25) is 0 Å². The van der Waals surface area contributed by atoms with Gasteiger partial charge in [0.05, 0.1) is 15.9 Å². The molecule has 7 heteroatoms. The fraction of sp³-hybridized carbons (Fsp3) is 0. The molecule has 11 rings (SSSR count). The van der Waals surface area contributed by atoms with Crippen molar-refractivity contribution < 1.29 is 0 Å². The van der Waals surface area contributed by atoms with E-state index < -0.39 is 0 Å². The van der Waals surface area contributed by atoms with E-state index in [9.17, 15) is 0 Å². The lowest BCUT2D eigenvalue weighted by molar-refractivity contribution is 1.08. The molecule has 7 aromatic carbocycles. The lowest BCUT2D eigenvalue weighted by Crippen LogP contribution is -2.00. The van der Waals surface area contributed by atoms with Crippen LogP contribution in [0.15, 0.2) is 176 Å². The largest absolute Gasteiger partial charge is 0.226 e. The van der Waals surface area contributed by atoms with Crippen molar-refractivity contribution in [3.05, 3.63) is 176 Å². The second-order valence-corrected chi connectivity index (χ2v) is 15.8. The van der Waals surface area contributed by atoms with Crippen molar-refractivity contribution in [2.75, 3.05) is 0 Å². The Hall–Kier alpha value is -6.93. The number of aromatic nitrogens is 5. The number of rotatable bonds is 6. The zero-order valence-corrected chi connectivity index (χ0v) is 31.4. The molecular weight excluding hydrogens is 723 g/mol. The Bertz CT molecular complexity index is 3170. The average Bonchev–Trinajstić information content (AvgIpc) is 3.85. The lowest BCUT2D eigenvalue weighted by Gasteiger charge is -2.10. The molecule has 0 amide bonds. The molecule has 0 aliphatic rings. The summed E-state index contributed by atoms with van der Waals surface area (Å²) in [5, 5.41) is 3.50. The molecule has 0 N–H and O–H groups in total. The van der Waals surface area contributed by atoms with Crippen LogP contribution in [-0.2, 0) is 0 Å². The van der Waals surface area contributed by atoms with Gasteiger partial charge in [-0.3, -0.25) is 0 Å². The highest BCUT2D eigenvalue weighted by atomic mass is 32.1. The smallest absolute Gasteiger partial charge is 0.164 e. The van der Waals surface area contributed by atoms with E-state index in [1.165, 1.54) is 19.5 Å². The minimum absolute atomic E-state index is 0.655. The van der Waals surface area contributed by atoms with Crippen molar-refractivity contribution >= 4 is 63.1 Å². The van der Waals surface area contributed by atoms with Crippen molar-refractivity contribution in [2.24, 2.45) is 0 Å². The Labute approximate surface area is 330 Å². The summed E-state index contributed by atoms with van der Waals surface area (Å²) in [5.74, 6) is 2.70. The van der Waals surface area contributed by atoms with Crippen molar-refractivity contribution in [1.29, 1.82) is 0 Å². The molecule has 0 atom stereocenters. The Morgan fingerprint density at radius 2 is 0.875 bits per heavy atom. The molecule has 0 saturated carbocycles. The predicted molar refractivity (Wildman–Crippen MR) is 234 cm³/mol. The van der Waals surface area contributed by atoms with Gasteiger partial charge in [-0.15, -0.1) is 22.7 Å². The van der Waals surface area contributed by atoms with Gasteiger partial charge in [0.25, 0.3) is 0 Å². The van der Waals surface area contributed by atoms with Gasteiger partial charge in [0, 0.05) is 58.1 Å². The SMILES string of the molecule is c1ccc(-c2nc(-c3ccccc3)nc(-c3cccc4sc5cc(-c6ccc(-c7nc(-c8ccccc8)c8sc9ccccc9c8n7)cc6)ccc5c34)n2)cc1. The molecule has 0 aliphatic carbocycles. The minimum Gasteiger partial charge on any atom is -0.226 e. The van der Waals surface area contributed by atoms with Gasteiger partial charge in [0.15, 0.2) is 23.3 Å². The summed E-state index contributed by atoms with van der Waals surface area (Å²) < 4.78 is 4.73. The minimum atomic E-state index is 0.655. The topological polar surface area (TPSA) is 64.5 Å². The van der Waals surface area contributed by atoms with Crippen LogP contribution in [0.25, 0.3) is 108 Å². The van der Waals surface area contributed by atoms with E-state index in [1.807, 2.05) is 66.7 Å². The van der Waals surface area contributed by atoms with Gasteiger partial charge in [-0.25, -0.2) is 24.9 Å². The van der Waals surface area contributed by atoms with Gasteiger partial charge in [0.1, 0.15) is 0 Å². The summed E-state index contributed by atoms with van der Waals surface area (Å²) in [6.07, 6.45) is 0. The summed E-state index contributed by atoms with van der Waals surface area (Å²) in [7, 11) is 0. The second kappa shape index (κ2) is 13.4. The summed E-state index contributed by atoms with van der Waals surface area (Å²) >= 11 is 3.55. The molecule has 0 aliphatic heterocycles. The first-order chi connectivity index (χ1) is 27.7. The van der Waals surface area contributed by atoms with Crippen LogP contribution in [0.1, 0.15) is 0 Å². The zero-order valence-electron chi connectivity index (χ0n) is 29.8. The molecule has 0 bridgehead atoms. The molecule has 0 spiro atoms. The second-order valence-electron chi connectivity index (χ2n) is 13.6. The highest BCUT2D eigenvalue weighted by Crippen LogP contribution is 2.42. The summed E-state index contributed by atoms with van der Waals surface area (Å²) in [5.41, 5.74) is 9.23. The van der Waals surface area contributed by atoms with E-state index in [0.717, 1.165) is 71.5 Å². The molecule has 5 nitrogen and oxygen atoms in total. The van der Waals surface area contributed by atoms with Crippen LogP contribution in [0.3, 0.4) is 0 Å². The van der Waals surface area contributed by atoms with E-state index in [4.69, 9.17) is 24.9 Å². The lowest BCUT2D eigenvalue weighted by atomic mass is 10.0. The maximum absolute atomic E-state index is 5.17. The van der Waals surface area contributed by atoms with E-state index in [1.54, 1.807) is 22.7 Å². The number of nitrogens with zero attached hydrogens (tertiary/aromatic N) is 5. The molecule has 0 fully saturated rings. The van der Waals surface area contributed by atoms with E-state index in [-0.39, 0.29) is 0 Å². The average molecular weight is 752 g/mol. The number of thiophene rings is 2. The first kappa shape index (κ1) is 32.5. The molecule has 0 saturated heterocycles. The van der Waals surface area contributed by atoms with E-state index in [0.29, 0.717) is 17.5 Å². The van der Waals surface area contributed by atoms with Crippen LogP contribution >= 0.6 is 22.7 Å².